The lowest BCUT2D eigenvalue weighted by atomic mass is 10.3. The Hall–Kier alpha value is -1.99. The second-order valence-electron chi connectivity index (χ2n) is 3.77. The van der Waals surface area contributed by atoms with E-state index in [9.17, 15) is 0 Å². The Morgan fingerprint density at radius 3 is 3.00 bits per heavy atom. The third-order valence-electron chi connectivity index (χ3n) is 2.37. The van der Waals surface area contributed by atoms with Gasteiger partial charge in [-0.1, -0.05) is 22.9 Å². The van der Waals surface area contributed by atoms with Crippen molar-refractivity contribution in [1.82, 2.24) is 25.1 Å². The molecule has 0 spiro atoms. The van der Waals surface area contributed by atoms with Gasteiger partial charge in [0.1, 0.15) is 10.0 Å². The molecule has 0 fully saturated rings. The van der Waals surface area contributed by atoms with Crippen LogP contribution < -0.4 is 5.32 Å². The Labute approximate surface area is 117 Å². The molecule has 0 unspecified atom stereocenters. The fourth-order valence-corrected chi connectivity index (χ4v) is 2.60. The van der Waals surface area contributed by atoms with Crippen molar-refractivity contribution in [3.8, 4) is 11.3 Å². The van der Waals surface area contributed by atoms with E-state index in [2.05, 4.69) is 30.5 Å². The largest absolute Gasteiger partial charge is 0.300 e. The summed E-state index contributed by atoms with van der Waals surface area (Å²) in [5.74, 6) is 0.504. The van der Waals surface area contributed by atoms with Gasteiger partial charge in [0, 0.05) is 23.7 Å². The number of aromatic amines is 1. The Morgan fingerprint density at radius 1 is 1.37 bits per heavy atom. The van der Waals surface area contributed by atoms with Gasteiger partial charge in [-0.25, -0.2) is 15.0 Å². The zero-order valence-corrected chi connectivity index (χ0v) is 11.5. The third kappa shape index (κ3) is 2.56. The van der Waals surface area contributed by atoms with E-state index in [-0.39, 0.29) is 0 Å². The average molecular weight is 293 g/mol. The molecule has 0 aliphatic rings. The van der Waals surface area contributed by atoms with E-state index in [1.54, 1.807) is 18.6 Å². The molecule has 2 N–H and O–H groups in total. The second-order valence-corrected chi connectivity index (χ2v) is 5.38. The van der Waals surface area contributed by atoms with Gasteiger partial charge < -0.3 is 0 Å². The molecule has 0 atom stereocenters. The van der Waals surface area contributed by atoms with Crippen molar-refractivity contribution in [2.75, 3.05) is 5.32 Å². The van der Waals surface area contributed by atoms with E-state index in [0.29, 0.717) is 21.1 Å². The number of rotatable bonds is 3. The maximum atomic E-state index is 6.17. The Bertz CT molecular complexity index is 693. The van der Waals surface area contributed by atoms with Crippen LogP contribution in [-0.2, 0) is 0 Å². The lowest BCUT2D eigenvalue weighted by Crippen LogP contribution is -1.97. The first-order valence-electron chi connectivity index (χ1n) is 5.44. The van der Waals surface area contributed by atoms with E-state index in [1.807, 2.05) is 13.0 Å². The molecule has 0 saturated carbocycles. The molecule has 0 radical (unpaired) electrons. The Balaban J connectivity index is 1.89. The fourth-order valence-electron chi connectivity index (χ4n) is 1.52. The first-order valence-corrected chi connectivity index (χ1v) is 6.64. The maximum absolute atomic E-state index is 6.17. The molecule has 96 valence electrons. The molecule has 3 heterocycles. The van der Waals surface area contributed by atoms with Gasteiger partial charge in [0.25, 0.3) is 0 Å². The molecule has 8 heteroatoms. The van der Waals surface area contributed by atoms with E-state index in [4.69, 9.17) is 11.6 Å². The molecule has 3 aromatic rings. The number of thiazole rings is 1. The predicted molar refractivity (Wildman–Crippen MR) is 74.8 cm³/mol. The van der Waals surface area contributed by atoms with Crippen LogP contribution in [0, 0.1) is 6.92 Å². The second kappa shape index (κ2) is 4.94. The van der Waals surface area contributed by atoms with Crippen molar-refractivity contribution in [2.45, 2.75) is 6.92 Å². The van der Waals surface area contributed by atoms with E-state index < -0.39 is 0 Å². The number of hydrogen-bond acceptors (Lipinski definition) is 6. The van der Waals surface area contributed by atoms with Crippen molar-refractivity contribution in [2.24, 2.45) is 0 Å². The number of hydrogen-bond donors (Lipinski definition) is 2. The number of aromatic nitrogens is 5. The summed E-state index contributed by atoms with van der Waals surface area (Å²) in [6.45, 7) is 1.90. The Morgan fingerprint density at radius 2 is 2.26 bits per heavy atom. The van der Waals surface area contributed by atoms with Crippen LogP contribution in [0.5, 0.6) is 0 Å². The quantitative estimate of drug-likeness (QED) is 0.775. The van der Waals surface area contributed by atoms with Gasteiger partial charge in [0.05, 0.1) is 6.20 Å². The van der Waals surface area contributed by atoms with Crippen LogP contribution in [0.15, 0.2) is 24.7 Å². The summed E-state index contributed by atoms with van der Waals surface area (Å²) < 4.78 is 0.594. The summed E-state index contributed by atoms with van der Waals surface area (Å²) in [6.07, 6.45) is 5.11. The van der Waals surface area contributed by atoms with Gasteiger partial charge in [-0.15, -0.1) is 0 Å². The summed E-state index contributed by atoms with van der Waals surface area (Å²) >= 11 is 7.50. The smallest absolute Gasteiger partial charge is 0.229 e. The Kier molecular flexibility index (Phi) is 3.14. The highest BCUT2D eigenvalue weighted by Crippen LogP contribution is 2.35. The van der Waals surface area contributed by atoms with Crippen molar-refractivity contribution in [3.63, 3.8) is 0 Å². The molecule has 3 aromatic heterocycles. The van der Waals surface area contributed by atoms with Crippen LogP contribution in [0.4, 0.5) is 11.1 Å². The number of nitrogens with zero attached hydrogens (tertiary/aromatic N) is 4. The molecule has 0 aromatic carbocycles. The summed E-state index contributed by atoms with van der Waals surface area (Å²) in [5, 5.41) is 10.3. The third-order valence-corrected chi connectivity index (χ3v) is 3.54. The molecule has 0 aliphatic carbocycles. The summed E-state index contributed by atoms with van der Waals surface area (Å²) in [6, 6.07) is 1.83. The highest BCUT2D eigenvalue weighted by molar-refractivity contribution is 7.20. The lowest BCUT2D eigenvalue weighted by molar-refractivity contribution is 1.09. The van der Waals surface area contributed by atoms with Gasteiger partial charge in [-0.05, 0) is 13.0 Å². The van der Waals surface area contributed by atoms with Gasteiger partial charge >= 0.3 is 0 Å². The fraction of sp³-hybridized carbons (Fsp3) is 0.0909. The zero-order chi connectivity index (χ0) is 13.2. The number of H-pyrrole nitrogens is 1. The van der Waals surface area contributed by atoms with Gasteiger partial charge in [-0.2, -0.15) is 5.10 Å². The van der Waals surface area contributed by atoms with Gasteiger partial charge in [0.15, 0.2) is 5.13 Å². The first-order chi connectivity index (χ1) is 9.22. The van der Waals surface area contributed by atoms with Crippen molar-refractivity contribution in [3.05, 3.63) is 34.7 Å². The standard InChI is InChI=1S/C11H9ClN6S/c1-6-2-3-13-10(16-6)18-11-17-8(9(12)19-11)7-4-14-15-5-7/h2-5H,1H3,(H,14,15)(H,13,16,17,18). The van der Waals surface area contributed by atoms with E-state index in [1.165, 1.54) is 11.3 Å². The molecule has 0 saturated heterocycles. The van der Waals surface area contributed by atoms with Crippen LogP contribution in [-0.4, -0.2) is 25.1 Å². The number of aryl methyl sites for hydroxylation is 1. The van der Waals surface area contributed by atoms with Crippen LogP contribution in [0.25, 0.3) is 11.3 Å². The molecule has 0 aliphatic heterocycles. The van der Waals surface area contributed by atoms with Crippen LogP contribution in [0.2, 0.25) is 4.34 Å². The molecule has 19 heavy (non-hydrogen) atoms. The van der Waals surface area contributed by atoms with Crippen LogP contribution in [0.3, 0.4) is 0 Å². The first kappa shape index (κ1) is 12.1. The molecule has 0 amide bonds. The van der Waals surface area contributed by atoms with Crippen LogP contribution in [0.1, 0.15) is 5.69 Å². The monoisotopic (exact) mass is 292 g/mol. The highest BCUT2D eigenvalue weighted by atomic mass is 35.5. The predicted octanol–water partition coefficient (Wildman–Crippen LogP) is 3.03. The minimum absolute atomic E-state index is 0.504. The summed E-state index contributed by atoms with van der Waals surface area (Å²) in [4.78, 5) is 12.8. The minimum atomic E-state index is 0.504. The normalized spacial score (nSPS) is 10.6. The molecule has 3 rings (SSSR count). The van der Waals surface area contributed by atoms with Gasteiger partial charge in [0.2, 0.25) is 5.95 Å². The lowest BCUT2D eigenvalue weighted by Gasteiger charge is -2.00. The molecule has 6 nitrogen and oxygen atoms in total. The van der Waals surface area contributed by atoms with Crippen molar-refractivity contribution < 1.29 is 0 Å². The van der Waals surface area contributed by atoms with Gasteiger partial charge in [-0.3, -0.25) is 10.4 Å². The summed E-state index contributed by atoms with van der Waals surface area (Å²) in [5.41, 5.74) is 2.42. The van der Waals surface area contributed by atoms with Crippen molar-refractivity contribution in [1.29, 1.82) is 0 Å². The zero-order valence-electron chi connectivity index (χ0n) is 9.88. The maximum Gasteiger partial charge on any atom is 0.229 e. The average Bonchev–Trinajstić information content (AvgIpc) is 2.98. The van der Waals surface area contributed by atoms with E-state index >= 15 is 0 Å². The SMILES string of the molecule is Cc1ccnc(Nc2nc(-c3cn[nH]c3)c(Cl)s2)n1. The molecular weight excluding hydrogens is 284 g/mol. The number of halogens is 1. The number of anilines is 2. The molecular formula is C11H9ClN6S. The van der Waals surface area contributed by atoms with Crippen molar-refractivity contribution >= 4 is 34.0 Å². The van der Waals surface area contributed by atoms with Crippen LogP contribution >= 0.6 is 22.9 Å². The summed E-state index contributed by atoms with van der Waals surface area (Å²) in [7, 11) is 0. The van der Waals surface area contributed by atoms with E-state index in [0.717, 1.165) is 11.3 Å². The highest BCUT2D eigenvalue weighted by Gasteiger charge is 2.13. The number of nitrogens with one attached hydrogen (secondary N) is 2. The topological polar surface area (TPSA) is 79.4 Å². The minimum Gasteiger partial charge on any atom is -0.300 e. The molecule has 0 bridgehead atoms.